The van der Waals surface area contributed by atoms with E-state index in [2.05, 4.69) is 5.32 Å². The van der Waals surface area contributed by atoms with Crippen LogP contribution in [0.25, 0.3) is 0 Å². The minimum atomic E-state index is -2.82. The van der Waals surface area contributed by atoms with Crippen molar-refractivity contribution in [2.75, 3.05) is 6.61 Å². The summed E-state index contributed by atoms with van der Waals surface area (Å²) in [6.45, 7) is 1.45. The van der Waals surface area contributed by atoms with Gasteiger partial charge in [-0.05, 0) is 0 Å². The SMILES string of the molecule is CC(=O)N[C@H]1[C@H]([C@H](O)[C@H](O)CO)OC(O)(C(=O)O)C(C)[C@@H]1O. The monoisotopic (exact) mass is 323 g/mol. The Balaban J connectivity index is 3.19. The van der Waals surface area contributed by atoms with Gasteiger partial charge in [-0.25, -0.2) is 4.79 Å². The maximum atomic E-state index is 11.2. The van der Waals surface area contributed by atoms with Crippen LogP contribution in [0, 0.1) is 5.92 Å². The Morgan fingerprint density at radius 3 is 2.32 bits per heavy atom. The predicted molar refractivity (Wildman–Crippen MR) is 69.3 cm³/mol. The lowest BCUT2D eigenvalue weighted by Gasteiger charge is -2.48. The fraction of sp³-hybridized carbons (Fsp3) is 0.833. The van der Waals surface area contributed by atoms with Crippen molar-refractivity contribution in [1.82, 2.24) is 5.32 Å². The number of rotatable bonds is 5. The van der Waals surface area contributed by atoms with Gasteiger partial charge in [0.15, 0.2) is 0 Å². The number of carbonyl (C=O) groups is 2. The summed E-state index contributed by atoms with van der Waals surface area (Å²) >= 11 is 0. The standard InChI is InChI=1S/C12H21NO9/c1-4-8(17)7(13-5(2)15)10(9(18)6(16)3-14)22-12(4,21)11(19)20/h4,6-10,14,16-18,21H,3H2,1-2H3,(H,13,15)(H,19,20)/t4?,6-,7-,8+,9-,10-,12?/m1/s1. The van der Waals surface area contributed by atoms with Crippen molar-refractivity contribution < 1.29 is 45.0 Å². The summed E-state index contributed by atoms with van der Waals surface area (Å²) in [4.78, 5) is 22.4. The van der Waals surface area contributed by atoms with Gasteiger partial charge in [0.25, 0.3) is 5.79 Å². The summed E-state index contributed by atoms with van der Waals surface area (Å²) in [6.07, 6.45) is -6.81. The molecular formula is C12H21NO9. The highest BCUT2D eigenvalue weighted by Crippen LogP contribution is 2.35. The van der Waals surface area contributed by atoms with Gasteiger partial charge in [-0.2, -0.15) is 0 Å². The quantitative estimate of drug-likeness (QED) is 0.269. The molecule has 0 spiro atoms. The second-order valence-corrected chi connectivity index (χ2v) is 5.33. The first-order valence-corrected chi connectivity index (χ1v) is 6.62. The topological polar surface area (TPSA) is 177 Å². The summed E-state index contributed by atoms with van der Waals surface area (Å²) in [5, 5.41) is 59.9. The zero-order valence-corrected chi connectivity index (χ0v) is 12.1. The number of carbonyl (C=O) groups excluding carboxylic acids is 1. The van der Waals surface area contributed by atoms with E-state index >= 15 is 0 Å². The molecule has 128 valence electrons. The molecule has 1 fully saturated rings. The van der Waals surface area contributed by atoms with Crippen molar-refractivity contribution in [3.8, 4) is 0 Å². The molecule has 1 aliphatic rings. The highest BCUT2D eigenvalue weighted by molar-refractivity contribution is 5.76. The summed E-state index contributed by atoms with van der Waals surface area (Å²) in [5.41, 5.74) is 0. The first kappa shape index (κ1) is 18.7. The first-order chi connectivity index (χ1) is 10.1. The Hall–Kier alpha value is -1.30. The minimum absolute atomic E-state index is 0.601. The highest BCUT2D eigenvalue weighted by Gasteiger charge is 2.58. The molecule has 1 rings (SSSR count). The molecule has 1 saturated heterocycles. The number of ether oxygens (including phenoxy) is 1. The van der Waals surface area contributed by atoms with Crippen molar-refractivity contribution in [3.63, 3.8) is 0 Å². The number of aliphatic hydroxyl groups excluding tert-OH is 4. The van der Waals surface area contributed by atoms with Crippen molar-refractivity contribution in [2.24, 2.45) is 5.92 Å². The van der Waals surface area contributed by atoms with Crippen LogP contribution < -0.4 is 5.32 Å². The van der Waals surface area contributed by atoms with E-state index in [9.17, 15) is 30.0 Å². The Kier molecular flexibility index (Phi) is 5.84. The molecule has 0 aromatic carbocycles. The largest absolute Gasteiger partial charge is 0.477 e. The number of aliphatic carboxylic acids is 1. The maximum Gasteiger partial charge on any atom is 0.364 e. The van der Waals surface area contributed by atoms with Gasteiger partial charge in [-0.15, -0.1) is 0 Å². The third kappa shape index (κ3) is 3.37. The van der Waals surface area contributed by atoms with Gasteiger partial charge >= 0.3 is 5.97 Å². The molecule has 0 aliphatic carbocycles. The van der Waals surface area contributed by atoms with Crippen LogP contribution in [0.1, 0.15) is 13.8 Å². The lowest BCUT2D eigenvalue weighted by atomic mass is 9.81. The van der Waals surface area contributed by atoms with Crippen molar-refractivity contribution in [1.29, 1.82) is 0 Å². The van der Waals surface area contributed by atoms with E-state index in [0.29, 0.717) is 0 Å². The summed E-state index contributed by atoms with van der Waals surface area (Å²) in [6, 6.07) is -1.29. The lowest BCUT2D eigenvalue weighted by Crippen LogP contribution is -2.70. The molecule has 1 amide bonds. The van der Waals surface area contributed by atoms with E-state index in [4.69, 9.17) is 14.9 Å². The molecule has 10 heteroatoms. The van der Waals surface area contributed by atoms with E-state index in [0.717, 1.165) is 6.92 Å². The van der Waals surface area contributed by atoms with Crippen molar-refractivity contribution >= 4 is 11.9 Å². The fourth-order valence-corrected chi connectivity index (χ4v) is 2.38. The zero-order chi connectivity index (χ0) is 17.2. The van der Waals surface area contributed by atoms with Crippen LogP contribution >= 0.6 is 0 Å². The Bertz CT molecular complexity index is 431. The van der Waals surface area contributed by atoms with E-state index in [1.54, 1.807) is 0 Å². The third-order valence-corrected chi connectivity index (χ3v) is 3.76. The minimum Gasteiger partial charge on any atom is -0.477 e. The summed E-state index contributed by atoms with van der Waals surface area (Å²) in [5.74, 6) is -6.56. The molecule has 7 atom stereocenters. The molecule has 0 aromatic heterocycles. The molecule has 0 radical (unpaired) electrons. The molecule has 2 unspecified atom stereocenters. The fourth-order valence-electron chi connectivity index (χ4n) is 2.38. The van der Waals surface area contributed by atoms with Crippen LogP contribution in [0.4, 0.5) is 0 Å². The van der Waals surface area contributed by atoms with Crippen LogP contribution in [-0.4, -0.2) is 85.4 Å². The summed E-state index contributed by atoms with van der Waals surface area (Å²) in [7, 11) is 0. The predicted octanol–water partition coefficient (Wildman–Crippen LogP) is -3.63. The van der Waals surface area contributed by atoms with Crippen LogP contribution in [0.2, 0.25) is 0 Å². The van der Waals surface area contributed by atoms with Gasteiger partial charge in [-0.3, -0.25) is 4.79 Å². The molecule has 7 N–H and O–H groups in total. The van der Waals surface area contributed by atoms with Gasteiger partial charge in [0.1, 0.15) is 18.3 Å². The molecule has 10 nitrogen and oxygen atoms in total. The number of hydrogen-bond acceptors (Lipinski definition) is 8. The number of aliphatic hydroxyl groups is 5. The molecule has 1 heterocycles. The smallest absolute Gasteiger partial charge is 0.364 e. The first-order valence-electron chi connectivity index (χ1n) is 6.62. The van der Waals surface area contributed by atoms with E-state index in [1.807, 2.05) is 0 Å². The van der Waals surface area contributed by atoms with Crippen LogP contribution in [0.3, 0.4) is 0 Å². The average molecular weight is 323 g/mol. The molecule has 22 heavy (non-hydrogen) atoms. The Morgan fingerprint density at radius 1 is 1.36 bits per heavy atom. The normalized spacial score (nSPS) is 38.1. The molecular weight excluding hydrogens is 302 g/mol. The number of carboxylic acids is 1. The Morgan fingerprint density at radius 2 is 1.91 bits per heavy atom. The number of carboxylic acid groups (broad SMARTS) is 1. The van der Waals surface area contributed by atoms with Gasteiger partial charge in [0.05, 0.1) is 18.8 Å². The summed E-state index contributed by atoms with van der Waals surface area (Å²) < 4.78 is 4.98. The zero-order valence-electron chi connectivity index (χ0n) is 12.1. The lowest BCUT2D eigenvalue weighted by molar-refractivity contribution is -0.317. The van der Waals surface area contributed by atoms with Crippen molar-refractivity contribution in [2.45, 2.75) is 50.1 Å². The second kappa shape index (κ2) is 6.86. The van der Waals surface area contributed by atoms with Crippen LogP contribution in [0.5, 0.6) is 0 Å². The van der Waals surface area contributed by atoms with Crippen LogP contribution in [0.15, 0.2) is 0 Å². The second-order valence-electron chi connectivity index (χ2n) is 5.33. The number of amides is 1. The molecule has 1 aliphatic heterocycles. The number of nitrogens with one attached hydrogen (secondary N) is 1. The van der Waals surface area contributed by atoms with Gasteiger partial charge in [0, 0.05) is 12.8 Å². The number of hydrogen-bond donors (Lipinski definition) is 7. The van der Waals surface area contributed by atoms with E-state index in [1.165, 1.54) is 6.92 Å². The third-order valence-electron chi connectivity index (χ3n) is 3.76. The Labute approximate surface area is 125 Å². The maximum absolute atomic E-state index is 11.2. The highest BCUT2D eigenvalue weighted by atomic mass is 16.7. The molecule has 0 aromatic rings. The molecule has 0 bridgehead atoms. The van der Waals surface area contributed by atoms with Gasteiger partial charge in [-0.1, -0.05) is 6.92 Å². The molecule has 0 saturated carbocycles. The van der Waals surface area contributed by atoms with Crippen molar-refractivity contribution in [3.05, 3.63) is 0 Å². The average Bonchev–Trinajstić information content (AvgIpc) is 2.45. The van der Waals surface area contributed by atoms with Crippen LogP contribution in [-0.2, 0) is 14.3 Å². The van der Waals surface area contributed by atoms with E-state index in [-0.39, 0.29) is 0 Å². The van der Waals surface area contributed by atoms with E-state index < -0.39 is 60.6 Å². The van der Waals surface area contributed by atoms with Gasteiger partial charge < -0.3 is 40.7 Å². The van der Waals surface area contributed by atoms with Gasteiger partial charge in [0.2, 0.25) is 5.91 Å².